The van der Waals surface area contributed by atoms with E-state index in [0.29, 0.717) is 5.02 Å². The molecule has 0 aromatic heterocycles. The standard InChI is InChI=1S/C12H17ClN2O2/c1-8(15-2)10-7-9(13)3-4-11(10)17-6-5-12(14)16/h3-4,7-8,15H,5-6H2,1-2H3,(H2,14,16). The molecule has 1 rings (SSSR count). The van der Waals surface area contributed by atoms with Crippen molar-refractivity contribution in [3.63, 3.8) is 0 Å². The van der Waals surface area contributed by atoms with Crippen LogP contribution in [0.25, 0.3) is 0 Å². The minimum Gasteiger partial charge on any atom is -0.493 e. The molecule has 0 radical (unpaired) electrons. The van der Waals surface area contributed by atoms with E-state index in [-0.39, 0.29) is 25.0 Å². The molecule has 17 heavy (non-hydrogen) atoms. The number of primary amides is 1. The summed E-state index contributed by atoms with van der Waals surface area (Å²) in [5, 5.41) is 3.77. The molecule has 0 fully saturated rings. The highest BCUT2D eigenvalue weighted by Gasteiger charge is 2.11. The number of amides is 1. The van der Waals surface area contributed by atoms with Gasteiger partial charge >= 0.3 is 0 Å². The Labute approximate surface area is 106 Å². The molecule has 1 aromatic rings. The molecule has 1 unspecified atom stereocenters. The van der Waals surface area contributed by atoms with Crippen LogP contribution in [-0.2, 0) is 4.79 Å². The predicted molar refractivity (Wildman–Crippen MR) is 68.2 cm³/mol. The maximum atomic E-state index is 10.6. The number of benzene rings is 1. The first-order valence-corrected chi connectivity index (χ1v) is 5.80. The van der Waals surface area contributed by atoms with Gasteiger partial charge in [0.2, 0.25) is 5.91 Å². The highest BCUT2D eigenvalue weighted by atomic mass is 35.5. The zero-order chi connectivity index (χ0) is 12.8. The van der Waals surface area contributed by atoms with E-state index in [9.17, 15) is 4.79 Å². The average molecular weight is 257 g/mol. The Kier molecular flexibility index (Phi) is 5.25. The first-order chi connectivity index (χ1) is 8.04. The van der Waals surface area contributed by atoms with Crippen molar-refractivity contribution in [2.45, 2.75) is 19.4 Å². The molecular formula is C12H17ClN2O2. The van der Waals surface area contributed by atoms with Crippen molar-refractivity contribution in [2.24, 2.45) is 5.73 Å². The summed E-state index contributed by atoms with van der Waals surface area (Å²) in [6, 6.07) is 5.53. The molecule has 0 aliphatic rings. The van der Waals surface area contributed by atoms with Gasteiger partial charge in [0.25, 0.3) is 0 Å². The van der Waals surface area contributed by atoms with Crippen LogP contribution in [0.2, 0.25) is 5.02 Å². The number of nitrogens with one attached hydrogen (secondary N) is 1. The number of ether oxygens (including phenoxy) is 1. The maximum Gasteiger partial charge on any atom is 0.220 e. The largest absolute Gasteiger partial charge is 0.493 e. The van der Waals surface area contributed by atoms with Crippen molar-refractivity contribution < 1.29 is 9.53 Å². The van der Waals surface area contributed by atoms with Gasteiger partial charge in [0.1, 0.15) is 5.75 Å². The first kappa shape index (κ1) is 13.8. The Morgan fingerprint density at radius 1 is 1.59 bits per heavy atom. The Hall–Kier alpha value is -1.26. The number of nitrogens with two attached hydrogens (primary N) is 1. The molecule has 0 aliphatic carbocycles. The number of hydrogen-bond donors (Lipinski definition) is 2. The summed E-state index contributed by atoms with van der Waals surface area (Å²) >= 11 is 5.94. The fourth-order valence-corrected chi connectivity index (χ4v) is 1.59. The molecule has 1 aromatic carbocycles. The van der Waals surface area contributed by atoms with Crippen LogP contribution in [0, 0.1) is 0 Å². The summed E-state index contributed by atoms with van der Waals surface area (Å²) in [6.07, 6.45) is 0.204. The molecule has 0 spiro atoms. The van der Waals surface area contributed by atoms with Crippen molar-refractivity contribution in [1.29, 1.82) is 0 Å². The smallest absolute Gasteiger partial charge is 0.220 e. The fourth-order valence-electron chi connectivity index (χ4n) is 1.41. The second-order valence-electron chi connectivity index (χ2n) is 3.76. The van der Waals surface area contributed by atoms with Gasteiger partial charge in [-0.25, -0.2) is 0 Å². The van der Waals surface area contributed by atoms with Gasteiger partial charge in [-0.3, -0.25) is 4.79 Å². The van der Waals surface area contributed by atoms with Crippen LogP contribution in [0.4, 0.5) is 0 Å². The number of rotatable bonds is 6. The molecule has 0 saturated carbocycles. The molecule has 1 amide bonds. The van der Waals surface area contributed by atoms with Crippen LogP contribution in [0.3, 0.4) is 0 Å². The van der Waals surface area contributed by atoms with E-state index in [1.165, 1.54) is 0 Å². The van der Waals surface area contributed by atoms with Crippen LogP contribution >= 0.6 is 11.6 Å². The van der Waals surface area contributed by atoms with Crippen LogP contribution in [0.15, 0.2) is 18.2 Å². The Bertz CT molecular complexity index is 396. The van der Waals surface area contributed by atoms with E-state index < -0.39 is 0 Å². The average Bonchev–Trinajstić information content (AvgIpc) is 2.29. The molecule has 5 heteroatoms. The fraction of sp³-hybridized carbons (Fsp3) is 0.417. The van der Waals surface area contributed by atoms with E-state index in [1.807, 2.05) is 20.0 Å². The highest BCUT2D eigenvalue weighted by Crippen LogP contribution is 2.28. The van der Waals surface area contributed by atoms with Crippen LogP contribution in [-0.4, -0.2) is 19.6 Å². The van der Waals surface area contributed by atoms with E-state index in [2.05, 4.69) is 5.32 Å². The van der Waals surface area contributed by atoms with Crippen LogP contribution in [0.5, 0.6) is 5.75 Å². The van der Waals surface area contributed by atoms with Gasteiger partial charge in [0.05, 0.1) is 13.0 Å². The lowest BCUT2D eigenvalue weighted by atomic mass is 10.1. The highest BCUT2D eigenvalue weighted by molar-refractivity contribution is 6.30. The van der Waals surface area contributed by atoms with Gasteiger partial charge in [0.15, 0.2) is 0 Å². The summed E-state index contributed by atoms with van der Waals surface area (Å²) in [6.45, 7) is 2.28. The number of halogens is 1. The minimum absolute atomic E-state index is 0.122. The first-order valence-electron chi connectivity index (χ1n) is 5.42. The normalized spacial score (nSPS) is 12.2. The molecular weight excluding hydrogens is 240 g/mol. The monoisotopic (exact) mass is 256 g/mol. The third kappa shape index (κ3) is 4.24. The maximum absolute atomic E-state index is 10.6. The molecule has 3 N–H and O–H groups in total. The summed E-state index contributed by atoms with van der Waals surface area (Å²) in [4.78, 5) is 10.6. The predicted octanol–water partition coefficient (Wildman–Crippen LogP) is 1.87. The van der Waals surface area contributed by atoms with Gasteiger partial charge in [-0.1, -0.05) is 11.6 Å². The van der Waals surface area contributed by atoms with E-state index in [1.54, 1.807) is 12.1 Å². The van der Waals surface area contributed by atoms with Gasteiger partial charge in [-0.15, -0.1) is 0 Å². The number of carbonyl (C=O) groups is 1. The molecule has 1 atom stereocenters. The molecule has 0 bridgehead atoms. The van der Waals surface area contributed by atoms with Gasteiger partial charge < -0.3 is 15.8 Å². The van der Waals surface area contributed by atoms with E-state index in [4.69, 9.17) is 22.1 Å². The van der Waals surface area contributed by atoms with Crippen LogP contribution in [0.1, 0.15) is 24.9 Å². The lowest BCUT2D eigenvalue weighted by molar-refractivity contribution is -0.118. The van der Waals surface area contributed by atoms with Gasteiger partial charge in [-0.2, -0.15) is 0 Å². The number of hydrogen-bond acceptors (Lipinski definition) is 3. The topological polar surface area (TPSA) is 64.3 Å². The summed E-state index contributed by atoms with van der Waals surface area (Å²) < 4.78 is 5.53. The van der Waals surface area contributed by atoms with Crippen LogP contribution < -0.4 is 15.8 Å². The quantitative estimate of drug-likeness (QED) is 0.817. The lowest BCUT2D eigenvalue weighted by Gasteiger charge is -2.16. The molecule has 0 aliphatic heterocycles. The Balaban J connectivity index is 2.79. The van der Waals surface area contributed by atoms with E-state index in [0.717, 1.165) is 11.3 Å². The minimum atomic E-state index is -0.373. The second-order valence-corrected chi connectivity index (χ2v) is 4.19. The van der Waals surface area contributed by atoms with Crippen molar-refractivity contribution in [3.8, 4) is 5.75 Å². The molecule has 0 heterocycles. The van der Waals surface area contributed by atoms with Crippen molar-refractivity contribution in [3.05, 3.63) is 28.8 Å². The summed E-state index contributed by atoms with van der Waals surface area (Å²) in [5.41, 5.74) is 6.01. The number of carbonyl (C=O) groups excluding carboxylic acids is 1. The summed E-state index contributed by atoms with van der Waals surface area (Å²) in [7, 11) is 1.86. The van der Waals surface area contributed by atoms with Gasteiger partial charge in [0, 0.05) is 16.6 Å². The molecule has 94 valence electrons. The molecule has 4 nitrogen and oxygen atoms in total. The SMILES string of the molecule is CNC(C)c1cc(Cl)ccc1OCCC(N)=O. The third-order valence-corrected chi connectivity index (χ3v) is 2.71. The third-order valence-electron chi connectivity index (χ3n) is 2.48. The Morgan fingerprint density at radius 3 is 2.88 bits per heavy atom. The van der Waals surface area contributed by atoms with Crippen molar-refractivity contribution in [2.75, 3.05) is 13.7 Å². The lowest BCUT2D eigenvalue weighted by Crippen LogP contribution is -2.17. The zero-order valence-electron chi connectivity index (χ0n) is 10.00. The van der Waals surface area contributed by atoms with E-state index >= 15 is 0 Å². The van der Waals surface area contributed by atoms with Crippen molar-refractivity contribution in [1.82, 2.24) is 5.32 Å². The second kappa shape index (κ2) is 6.47. The zero-order valence-corrected chi connectivity index (χ0v) is 10.8. The van der Waals surface area contributed by atoms with Crippen molar-refractivity contribution >= 4 is 17.5 Å². The Morgan fingerprint density at radius 2 is 2.29 bits per heavy atom. The molecule has 0 saturated heterocycles. The van der Waals surface area contributed by atoms with Gasteiger partial charge in [-0.05, 0) is 32.2 Å². The summed E-state index contributed by atoms with van der Waals surface area (Å²) in [5.74, 6) is 0.347.